The molecule has 0 radical (unpaired) electrons. The van der Waals surface area contributed by atoms with Crippen molar-refractivity contribution in [1.82, 2.24) is 15.0 Å². The third-order valence-electron chi connectivity index (χ3n) is 9.08. The number of aromatic nitrogens is 3. The van der Waals surface area contributed by atoms with Crippen LogP contribution < -0.4 is 0 Å². The first-order valence-corrected chi connectivity index (χ1v) is 15.9. The maximum atomic E-state index is 9.17. The molecule has 0 atom stereocenters. The van der Waals surface area contributed by atoms with Gasteiger partial charge in [-0.15, -0.1) is 0 Å². The number of hydrogen-bond acceptors (Lipinski definition) is 4. The van der Waals surface area contributed by atoms with Crippen LogP contribution >= 0.6 is 0 Å². The van der Waals surface area contributed by atoms with Gasteiger partial charge in [-0.2, -0.15) is 0 Å². The predicted molar refractivity (Wildman–Crippen MR) is 201 cm³/mol. The van der Waals surface area contributed by atoms with Crippen molar-refractivity contribution in [3.8, 4) is 45.3 Å². The molecule has 0 spiro atoms. The van der Waals surface area contributed by atoms with Crippen molar-refractivity contribution in [2.75, 3.05) is 0 Å². The number of nitrogens with zero attached hydrogens (tertiary/aromatic N) is 3. The standard InChI is InChI=1S/C45H27N3O/c1-2-13-29(14-3-1)43-46-44(48-45(47-43)39-23-11-25-41-42(39)38-16-6-7-24-40(38)49-41)37-22-10-20-33-32(18-9-21-35(33)37)34-19-8-17-31-30-15-5-4-12-28(30)26-27-36(31)34/h1-27H/i6D,7D,11D,16D,23D,24D,25D. The fourth-order valence-corrected chi connectivity index (χ4v) is 6.87. The van der Waals surface area contributed by atoms with Gasteiger partial charge in [0.05, 0.1) is 9.60 Å². The van der Waals surface area contributed by atoms with Gasteiger partial charge in [-0.3, -0.25) is 0 Å². The van der Waals surface area contributed by atoms with Crippen LogP contribution in [0, 0.1) is 0 Å². The van der Waals surface area contributed by atoms with E-state index in [1.54, 1.807) is 0 Å². The van der Waals surface area contributed by atoms with Crippen molar-refractivity contribution in [3.05, 3.63) is 164 Å². The summed E-state index contributed by atoms with van der Waals surface area (Å²) in [6.07, 6.45) is 0. The van der Waals surface area contributed by atoms with Crippen LogP contribution in [0.5, 0.6) is 0 Å². The molecule has 49 heavy (non-hydrogen) atoms. The second-order valence-corrected chi connectivity index (χ2v) is 11.8. The Balaban J connectivity index is 1.26. The highest BCUT2D eigenvalue weighted by molar-refractivity contribution is 6.15. The second kappa shape index (κ2) is 11.0. The molecule has 0 amide bonds. The first-order chi connectivity index (χ1) is 27.2. The van der Waals surface area contributed by atoms with Crippen LogP contribution in [0.3, 0.4) is 0 Å². The smallest absolute Gasteiger partial charge is 0.164 e. The highest BCUT2D eigenvalue weighted by Crippen LogP contribution is 2.40. The molecule has 0 N–H and O–H groups in total. The quantitative estimate of drug-likeness (QED) is 0.181. The maximum absolute atomic E-state index is 9.17. The van der Waals surface area contributed by atoms with E-state index in [-0.39, 0.29) is 39.4 Å². The Labute approximate surface area is 291 Å². The van der Waals surface area contributed by atoms with E-state index in [4.69, 9.17) is 29.0 Å². The largest absolute Gasteiger partial charge is 0.456 e. The molecule has 10 rings (SSSR count). The molecule has 0 aliphatic rings. The van der Waals surface area contributed by atoms with Gasteiger partial charge in [0.25, 0.3) is 0 Å². The third kappa shape index (κ3) is 4.42. The summed E-state index contributed by atoms with van der Waals surface area (Å²) in [5.74, 6) is 0.592. The lowest BCUT2D eigenvalue weighted by Gasteiger charge is -2.14. The van der Waals surface area contributed by atoms with Gasteiger partial charge in [-0.05, 0) is 55.5 Å². The zero-order valence-corrected chi connectivity index (χ0v) is 25.8. The predicted octanol–water partition coefficient (Wildman–Crippen LogP) is 11.9. The lowest BCUT2D eigenvalue weighted by Crippen LogP contribution is -2.01. The van der Waals surface area contributed by atoms with E-state index in [0.29, 0.717) is 22.8 Å². The molecule has 0 aliphatic carbocycles. The number of furan rings is 1. The molecule has 228 valence electrons. The Morgan fingerprint density at radius 1 is 0.388 bits per heavy atom. The van der Waals surface area contributed by atoms with Crippen LogP contribution in [0.25, 0.3) is 99.5 Å². The van der Waals surface area contributed by atoms with Crippen molar-refractivity contribution in [3.63, 3.8) is 0 Å². The zero-order valence-electron chi connectivity index (χ0n) is 32.8. The number of rotatable bonds is 4. The summed E-state index contributed by atoms with van der Waals surface area (Å²) in [6, 6.07) is 37.4. The van der Waals surface area contributed by atoms with Gasteiger partial charge in [-0.1, -0.05) is 152 Å². The van der Waals surface area contributed by atoms with E-state index < -0.39 is 36.3 Å². The second-order valence-electron chi connectivity index (χ2n) is 11.8. The van der Waals surface area contributed by atoms with Crippen molar-refractivity contribution in [2.24, 2.45) is 0 Å². The van der Waals surface area contributed by atoms with Gasteiger partial charge in [0, 0.05) is 27.5 Å². The molecule has 0 unspecified atom stereocenters. The molecule has 0 saturated heterocycles. The Morgan fingerprint density at radius 2 is 1.00 bits per heavy atom. The van der Waals surface area contributed by atoms with Crippen LogP contribution in [-0.4, -0.2) is 15.0 Å². The fourth-order valence-electron chi connectivity index (χ4n) is 6.87. The minimum absolute atomic E-state index is 0.00144. The lowest BCUT2D eigenvalue weighted by atomic mass is 9.91. The summed E-state index contributed by atoms with van der Waals surface area (Å²) in [4.78, 5) is 14.8. The summed E-state index contributed by atoms with van der Waals surface area (Å²) >= 11 is 0. The molecule has 0 saturated carbocycles. The molecule has 0 bridgehead atoms. The summed E-state index contributed by atoms with van der Waals surface area (Å²) in [6.45, 7) is 0. The topological polar surface area (TPSA) is 51.8 Å². The van der Waals surface area contributed by atoms with Crippen molar-refractivity contribution < 1.29 is 14.0 Å². The van der Waals surface area contributed by atoms with E-state index >= 15 is 0 Å². The van der Waals surface area contributed by atoms with E-state index in [1.807, 2.05) is 60.7 Å². The number of fused-ring (bicyclic) bond motifs is 7. The van der Waals surface area contributed by atoms with Crippen LogP contribution in [0.1, 0.15) is 9.60 Å². The van der Waals surface area contributed by atoms with Gasteiger partial charge < -0.3 is 4.42 Å². The first kappa shape index (κ1) is 21.3. The monoisotopic (exact) mass is 632 g/mol. The minimum atomic E-state index is -0.493. The first-order valence-electron chi connectivity index (χ1n) is 19.4. The van der Waals surface area contributed by atoms with Crippen molar-refractivity contribution in [2.45, 2.75) is 0 Å². The summed E-state index contributed by atoms with van der Waals surface area (Å²) < 4.78 is 66.7. The van der Waals surface area contributed by atoms with Crippen LogP contribution in [0.4, 0.5) is 0 Å². The molecule has 2 heterocycles. The average molecular weight is 633 g/mol. The van der Waals surface area contributed by atoms with Crippen LogP contribution in [0.15, 0.2) is 168 Å². The van der Waals surface area contributed by atoms with Gasteiger partial charge in [-0.25, -0.2) is 15.0 Å². The maximum Gasteiger partial charge on any atom is 0.164 e. The van der Waals surface area contributed by atoms with Crippen LogP contribution in [0.2, 0.25) is 0 Å². The Bertz CT molecular complexity index is 3290. The summed E-state index contributed by atoms with van der Waals surface area (Å²) in [5, 5.41) is 6.54. The normalized spacial score (nSPS) is 13.7. The molecule has 4 nitrogen and oxygen atoms in total. The van der Waals surface area contributed by atoms with Gasteiger partial charge in [0.15, 0.2) is 17.5 Å². The van der Waals surface area contributed by atoms with Crippen molar-refractivity contribution in [1.29, 1.82) is 0 Å². The molecule has 4 heteroatoms. The van der Waals surface area contributed by atoms with Gasteiger partial charge in [0.1, 0.15) is 11.2 Å². The molecule has 10 aromatic rings. The number of para-hydroxylation sites is 1. The van der Waals surface area contributed by atoms with Gasteiger partial charge >= 0.3 is 0 Å². The Kier molecular flexibility index (Phi) is 4.76. The lowest BCUT2D eigenvalue weighted by molar-refractivity contribution is 0.669. The van der Waals surface area contributed by atoms with Gasteiger partial charge in [0.2, 0.25) is 0 Å². The molecule has 0 aliphatic heterocycles. The SMILES string of the molecule is [2H]c1c([2H])c([2H])c2c(oc3c([2H])c([2H])c([2H])c(-c4nc(-c5ccccc5)nc(-c5cccc6c(-c7cccc8c7ccc7ccccc78)cccc56)n4)c32)c1[2H]. The Hall–Kier alpha value is -6.65. The third-order valence-corrected chi connectivity index (χ3v) is 9.08. The highest BCUT2D eigenvalue weighted by Gasteiger charge is 2.19. The summed E-state index contributed by atoms with van der Waals surface area (Å²) in [5.41, 5.74) is 3.16. The number of hydrogen-bond donors (Lipinski definition) is 0. The van der Waals surface area contributed by atoms with Crippen LogP contribution in [-0.2, 0) is 0 Å². The molecule has 8 aromatic carbocycles. The Morgan fingerprint density at radius 3 is 1.84 bits per heavy atom. The van der Waals surface area contributed by atoms with E-state index in [1.165, 1.54) is 10.8 Å². The van der Waals surface area contributed by atoms with E-state index in [9.17, 15) is 0 Å². The van der Waals surface area contributed by atoms with E-state index in [2.05, 4.69) is 60.7 Å². The van der Waals surface area contributed by atoms with Crippen molar-refractivity contribution >= 4 is 54.3 Å². The highest BCUT2D eigenvalue weighted by atomic mass is 16.3. The van der Waals surface area contributed by atoms with E-state index in [0.717, 1.165) is 32.7 Å². The molecular weight excluding hydrogens is 599 g/mol. The summed E-state index contributed by atoms with van der Waals surface area (Å²) in [7, 11) is 0. The average Bonchev–Trinajstić information content (AvgIpc) is 3.64. The molecule has 2 aromatic heterocycles. The fraction of sp³-hybridized carbons (Fsp3) is 0. The minimum Gasteiger partial charge on any atom is -0.456 e. The molecule has 0 fully saturated rings. The zero-order chi connectivity index (χ0) is 38.4. The number of benzene rings is 8. The molecular formula is C45H27N3O.